The maximum atomic E-state index is 14.6. The molecule has 0 fully saturated rings. The highest BCUT2D eigenvalue weighted by Gasteiger charge is 2.41. The molecule has 28 heavy (non-hydrogen) atoms. The minimum atomic E-state index is -1.79. The van der Waals surface area contributed by atoms with Crippen LogP contribution in [0.5, 0.6) is 0 Å². The second kappa shape index (κ2) is 6.99. The Hall–Kier alpha value is -2.78. The molecule has 5 nitrogen and oxygen atoms in total. The van der Waals surface area contributed by atoms with Gasteiger partial charge in [-0.3, -0.25) is 0 Å². The lowest BCUT2D eigenvalue weighted by atomic mass is 9.82. The fourth-order valence-electron chi connectivity index (χ4n) is 3.16. The maximum absolute atomic E-state index is 14.6. The van der Waals surface area contributed by atoms with Gasteiger partial charge in [-0.2, -0.15) is 5.10 Å². The number of aromatic nitrogens is 4. The summed E-state index contributed by atoms with van der Waals surface area (Å²) in [5, 5.41) is 16.0. The average Bonchev–Trinajstić information content (AvgIpc) is 3.29. The first-order valence-corrected chi connectivity index (χ1v) is 9.25. The lowest BCUT2D eigenvalue weighted by Gasteiger charge is -2.33. The molecule has 4 rings (SSSR count). The van der Waals surface area contributed by atoms with Gasteiger partial charge in [0.05, 0.1) is 21.8 Å². The lowest BCUT2D eigenvalue weighted by molar-refractivity contribution is -0.0112. The predicted octanol–water partition coefficient (Wildman–Crippen LogP) is 4.00. The monoisotopic (exact) mass is 404 g/mol. The molecule has 0 spiro atoms. The van der Waals surface area contributed by atoms with Crippen molar-refractivity contribution in [3.05, 3.63) is 77.1 Å². The third-order valence-electron chi connectivity index (χ3n) is 4.72. The summed E-state index contributed by atoms with van der Waals surface area (Å²) in [7, 11) is 0. The van der Waals surface area contributed by atoms with Crippen molar-refractivity contribution >= 4 is 21.6 Å². The van der Waals surface area contributed by atoms with Crippen molar-refractivity contribution < 1.29 is 18.3 Å². The maximum Gasteiger partial charge on any atom is 0.137 e. The topological polar surface area (TPSA) is 63.8 Å². The number of aliphatic hydroxyl groups is 1. The third-order valence-corrected chi connectivity index (χ3v) is 5.92. The van der Waals surface area contributed by atoms with Crippen LogP contribution in [0.25, 0.3) is 10.2 Å². The zero-order chi connectivity index (χ0) is 19.9. The van der Waals surface area contributed by atoms with Crippen LogP contribution >= 0.6 is 11.3 Å². The number of halogens is 3. The van der Waals surface area contributed by atoms with Crippen molar-refractivity contribution in [3.8, 4) is 0 Å². The van der Waals surface area contributed by atoms with Crippen LogP contribution < -0.4 is 0 Å². The summed E-state index contributed by atoms with van der Waals surface area (Å²) in [5.41, 5.74) is -1.30. The standard InChI is InChI=1S/C19H15F3N4OS/c1-11(18-25-16-5-3-13(21)7-17(16)28-18)19(27,8-26-10-23-9-24-26)14-4-2-12(20)6-15(14)22/h2-7,9-11,27H,8H2,1H3/t11-,19+/m0/s1. The molecule has 2 aromatic heterocycles. The number of rotatable bonds is 5. The molecule has 2 aromatic carbocycles. The van der Waals surface area contributed by atoms with E-state index in [2.05, 4.69) is 15.1 Å². The van der Waals surface area contributed by atoms with Crippen molar-refractivity contribution in [2.45, 2.75) is 25.0 Å². The SMILES string of the molecule is C[C@@H](c1nc2ccc(F)cc2s1)[C@](O)(Cn1cncn1)c1ccc(F)cc1F. The van der Waals surface area contributed by atoms with Gasteiger partial charge in [-0.15, -0.1) is 11.3 Å². The number of nitrogens with zero attached hydrogens (tertiary/aromatic N) is 4. The average molecular weight is 404 g/mol. The van der Waals surface area contributed by atoms with Gasteiger partial charge in [0.15, 0.2) is 0 Å². The molecule has 0 aliphatic rings. The van der Waals surface area contributed by atoms with Gasteiger partial charge in [0.25, 0.3) is 0 Å². The Morgan fingerprint density at radius 3 is 2.61 bits per heavy atom. The highest BCUT2D eigenvalue weighted by atomic mass is 32.1. The number of thiazole rings is 1. The van der Waals surface area contributed by atoms with Gasteiger partial charge in [-0.1, -0.05) is 13.0 Å². The highest BCUT2D eigenvalue weighted by Crippen LogP contribution is 2.42. The molecule has 0 saturated carbocycles. The molecule has 0 radical (unpaired) electrons. The van der Waals surface area contributed by atoms with E-state index in [4.69, 9.17) is 0 Å². The fourth-order valence-corrected chi connectivity index (χ4v) is 4.29. The van der Waals surface area contributed by atoms with Gasteiger partial charge in [-0.05, 0) is 24.3 Å². The van der Waals surface area contributed by atoms with E-state index in [-0.39, 0.29) is 12.1 Å². The van der Waals surface area contributed by atoms with Crippen LogP contribution in [0.2, 0.25) is 0 Å². The Morgan fingerprint density at radius 1 is 1.14 bits per heavy atom. The van der Waals surface area contributed by atoms with Crippen LogP contribution in [0.1, 0.15) is 23.4 Å². The quantitative estimate of drug-likeness (QED) is 0.546. The van der Waals surface area contributed by atoms with Crippen LogP contribution in [0.3, 0.4) is 0 Å². The first-order valence-electron chi connectivity index (χ1n) is 8.43. The van der Waals surface area contributed by atoms with Gasteiger partial charge in [0, 0.05) is 17.5 Å². The van der Waals surface area contributed by atoms with Crippen molar-refractivity contribution in [2.75, 3.05) is 0 Å². The Balaban J connectivity index is 1.83. The molecular formula is C19H15F3N4OS. The van der Waals surface area contributed by atoms with Crippen LogP contribution in [0, 0.1) is 17.5 Å². The zero-order valence-corrected chi connectivity index (χ0v) is 15.5. The summed E-state index contributed by atoms with van der Waals surface area (Å²) < 4.78 is 43.5. The lowest BCUT2D eigenvalue weighted by Crippen LogP contribution is -2.38. The molecule has 2 atom stereocenters. The Kier molecular flexibility index (Phi) is 4.64. The highest BCUT2D eigenvalue weighted by molar-refractivity contribution is 7.18. The van der Waals surface area contributed by atoms with Crippen LogP contribution in [0.15, 0.2) is 49.1 Å². The van der Waals surface area contributed by atoms with Gasteiger partial charge in [0.1, 0.15) is 35.7 Å². The van der Waals surface area contributed by atoms with Crippen molar-refractivity contribution in [3.63, 3.8) is 0 Å². The second-order valence-corrected chi connectivity index (χ2v) is 7.59. The summed E-state index contributed by atoms with van der Waals surface area (Å²) in [6.45, 7) is 1.56. The van der Waals surface area contributed by atoms with Crippen LogP contribution in [-0.2, 0) is 12.1 Å². The molecule has 0 saturated heterocycles. The number of fused-ring (bicyclic) bond motifs is 1. The van der Waals surface area contributed by atoms with Crippen LogP contribution in [-0.4, -0.2) is 24.9 Å². The van der Waals surface area contributed by atoms with Crippen LogP contribution in [0.4, 0.5) is 13.2 Å². The third kappa shape index (κ3) is 3.27. The minimum Gasteiger partial charge on any atom is -0.382 e. The van der Waals surface area contributed by atoms with E-state index < -0.39 is 29.0 Å². The normalized spacial score (nSPS) is 14.9. The molecule has 9 heteroatoms. The molecule has 144 valence electrons. The summed E-state index contributed by atoms with van der Waals surface area (Å²) in [6, 6.07) is 7.24. The minimum absolute atomic E-state index is 0.0812. The molecule has 4 aromatic rings. The number of benzene rings is 2. The zero-order valence-electron chi connectivity index (χ0n) is 14.7. The Morgan fingerprint density at radius 2 is 1.89 bits per heavy atom. The molecule has 0 bridgehead atoms. The van der Waals surface area contributed by atoms with E-state index in [1.54, 1.807) is 13.0 Å². The van der Waals surface area contributed by atoms with Crippen molar-refractivity contribution in [1.29, 1.82) is 0 Å². The second-order valence-electron chi connectivity index (χ2n) is 6.53. The smallest absolute Gasteiger partial charge is 0.137 e. The molecule has 0 aliphatic carbocycles. The van der Waals surface area contributed by atoms with E-state index in [1.165, 1.54) is 46.9 Å². The Bertz CT molecular complexity index is 1130. The summed E-state index contributed by atoms with van der Waals surface area (Å²) >= 11 is 1.21. The molecule has 0 unspecified atom stereocenters. The number of hydrogen-bond donors (Lipinski definition) is 1. The van der Waals surface area contributed by atoms with E-state index in [9.17, 15) is 18.3 Å². The van der Waals surface area contributed by atoms with E-state index in [0.717, 1.165) is 12.1 Å². The molecular weight excluding hydrogens is 389 g/mol. The molecule has 0 aliphatic heterocycles. The first-order chi connectivity index (χ1) is 13.4. The predicted molar refractivity (Wildman–Crippen MR) is 98.3 cm³/mol. The van der Waals surface area contributed by atoms with Gasteiger partial charge in [0.2, 0.25) is 0 Å². The molecule has 2 heterocycles. The fraction of sp³-hybridized carbons (Fsp3) is 0.211. The van der Waals surface area contributed by atoms with Gasteiger partial charge < -0.3 is 5.11 Å². The molecule has 0 amide bonds. The van der Waals surface area contributed by atoms with E-state index >= 15 is 0 Å². The summed E-state index contributed by atoms with van der Waals surface area (Å²) in [4.78, 5) is 8.32. The van der Waals surface area contributed by atoms with Crippen molar-refractivity contribution in [1.82, 2.24) is 19.7 Å². The summed E-state index contributed by atoms with van der Waals surface area (Å²) in [6.07, 6.45) is 2.69. The summed E-state index contributed by atoms with van der Waals surface area (Å²) in [5.74, 6) is -2.70. The molecule has 1 N–H and O–H groups in total. The van der Waals surface area contributed by atoms with Crippen molar-refractivity contribution in [2.24, 2.45) is 0 Å². The van der Waals surface area contributed by atoms with E-state index in [1.807, 2.05) is 0 Å². The number of hydrogen-bond acceptors (Lipinski definition) is 5. The Labute approximate surface area is 162 Å². The first kappa shape index (κ1) is 18.6. The van der Waals surface area contributed by atoms with Gasteiger partial charge in [-0.25, -0.2) is 27.8 Å². The largest absolute Gasteiger partial charge is 0.382 e. The van der Waals surface area contributed by atoms with Gasteiger partial charge >= 0.3 is 0 Å². The van der Waals surface area contributed by atoms with E-state index in [0.29, 0.717) is 15.2 Å².